The molecule has 2 N–H and O–H groups in total. The Balaban J connectivity index is 1.69. The number of anilines is 2. The fourth-order valence-electron chi connectivity index (χ4n) is 3.64. The molecule has 1 fully saturated rings. The van der Waals surface area contributed by atoms with Gasteiger partial charge in [-0.15, -0.1) is 0 Å². The Hall–Kier alpha value is -3.81. The summed E-state index contributed by atoms with van der Waals surface area (Å²) < 4.78 is 64.8. The molecule has 1 aliphatic heterocycles. The highest BCUT2D eigenvalue weighted by Gasteiger charge is 2.34. The van der Waals surface area contributed by atoms with E-state index in [9.17, 15) is 23.2 Å². The van der Waals surface area contributed by atoms with Crippen molar-refractivity contribution in [1.29, 1.82) is 0 Å². The van der Waals surface area contributed by atoms with Crippen LogP contribution in [0.25, 0.3) is 0 Å². The fraction of sp³-hybridized carbons (Fsp3) is 0.409. The average Bonchev–Trinajstić information content (AvgIpc) is 3.50. The second-order valence-electron chi connectivity index (χ2n) is 7.66. The van der Waals surface area contributed by atoms with Gasteiger partial charge in [-0.1, -0.05) is 0 Å². The summed E-state index contributed by atoms with van der Waals surface area (Å²) in [6.07, 6.45) is -3.79. The van der Waals surface area contributed by atoms with E-state index in [1.807, 2.05) is 5.32 Å². The summed E-state index contributed by atoms with van der Waals surface area (Å²) in [5.74, 6) is -3.79. The smallest absolute Gasteiger partial charge is 0.414 e. The molecule has 1 atom stereocenters. The summed E-state index contributed by atoms with van der Waals surface area (Å²) in [4.78, 5) is 38.0. The molecule has 1 aliphatic rings. The van der Waals surface area contributed by atoms with Crippen molar-refractivity contribution >= 4 is 29.3 Å². The van der Waals surface area contributed by atoms with Gasteiger partial charge in [0.05, 0.1) is 31.6 Å². The van der Waals surface area contributed by atoms with Gasteiger partial charge in [-0.05, 0) is 19.1 Å². The molecule has 36 heavy (non-hydrogen) atoms. The highest BCUT2D eigenvalue weighted by molar-refractivity contribution is 5.91. The first kappa shape index (κ1) is 26.8. The van der Waals surface area contributed by atoms with Gasteiger partial charge in [0.25, 0.3) is 5.91 Å². The molecule has 0 bridgehead atoms. The number of furan rings is 1. The Bertz CT molecular complexity index is 1060. The van der Waals surface area contributed by atoms with E-state index in [0.717, 1.165) is 17.0 Å². The predicted molar refractivity (Wildman–Crippen MR) is 120 cm³/mol. The lowest BCUT2D eigenvalue weighted by Crippen LogP contribution is -2.45. The predicted octanol–water partition coefficient (Wildman–Crippen LogP) is 2.37. The third-order valence-electron chi connectivity index (χ3n) is 5.43. The minimum Gasteiger partial charge on any atom is -0.459 e. The molecular weight excluding hydrogens is 490 g/mol. The third-order valence-corrected chi connectivity index (χ3v) is 5.43. The topological polar surface area (TPSA) is 107 Å². The van der Waals surface area contributed by atoms with Gasteiger partial charge >= 0.3 is 18.4 Å². The van der Waals surface area contributed by atoms with Crippen LogP contribution in [0.3, 0.4) is 0 Å². The van der Waals surface area contributed by atoms with Crippen molar-refractivity contribution in [2.75, 3.05) is 49.6 Å². The van der Waals surface area contributed by atoms with E-state index < -0.39 is 42.1 Å². The first-order valence-corrected chi connectivity index (χ1v) is 11.0. The minimum absolute atomic E-state index is 0.0641. The van der Waals surface area contributed by atoms with Crippen LogP contribution in [-0.2, 0) is 9.53 Å². The van der Waals surface area contributed by atoms with Crippen LogP contribution in [0.2, 0.25) is 0 Å². The SMILES string of the molecule is CCN(CCN(NC)C(=O)c1ccco1)c1c(F)cc(N2C[C@H](CNC(=O)C(F)F)OC2=O)cc1F. The molecule has 2 aromatic rings. The number of benzene rings is 1. The molecule has 1 aromatic carbocycles. The monoisotopic (exact) mass is 515 g/mol. The normalized spacial score (nSPS) is 15.2. The van der Waals surface area contributed by atoms with Crippen molar-refractivity contribution in [3.05, 3.63) is 47.9 Å². The van der Waals surface area contributed by atoms with Gasteiger partial charge in [0.1, 0.15) is 11.8 Å². The van der Waals surface area contributed by atoms with Gasteiger partial charge in [-0.25, -0.2) is 19.0 Å². The number of hydrazine groups is 1. The number of cyclic esters (lactones) is 1. The molecular formula is C22H25F4N5O5. The number of likely N-dealkylation sites (N-methyl/N-ethyl adjacent to an activating group) is 1. The van der Waals surface area contributed by atoms with Gasteiger partial charge in [-0.3, -0.25) is 19.5 Å². The Morgan fingerprint density at radius 2 is 1.92 bits per heavy atom. The summed E-state index contributed by atoms with van der Waals surface area (Å²) in [6, 6.07) is 4.95. The highest BCUT2D eigenvalue weighted by Crippen LogP contribution is 2.31. The number of carbonyl (C=O) groups excluding carboxylic acids is 3. The highest BCUT2D eigenvalue weighted by atomic mass is 19.3. The van der Waals surface area contributed by atoms with Crippen molar-refractivity contribution in [2.45, 2.75) is 19.5 Å². The zero-order valence-corrected chi connectivity index (χ0v) is 19.5. The number of nitrogens with zero attached hydrogens (tertiary/aromatic N) is 3. The van der Waals surface area contributed by atoms with E-state index in [-0.39, 0.29) is 49.9 Å². The lowest BCUT2D eigenvalue weighted by molar-refractivity contribution is -0.132. The second-order valence-corrected chi connectivity index (χ2v) is 7.66. The van der Waals surface area contributed by atoms with E-state index in [0.29, 0.717) is 0 Å². The Morgan fingerprint density at radius 3 is 2.47 bits per heavy atom. The number of alkyl halides is 2. The van der Waals surface area contributed by atoms with E-state index >= 15 is 8.78 Å². The zero-order valence-electron chi connectivity index (χ0n) is 19.5. The van der Waals surface area contributed by atoms with Crippen LogP contribution in [0, 0.1) is 11.6 Å². The Kier molecular flexibility index (Phi) is 8.74. The summed E-state index contributed by atoms with van der Waals surface area (Å²) in [6.45, 7) is 1.43. The molecule has 0 aliphatic carbocycles. The summed E-state index contributed by atoms with van der Waals surface area (Å²) in [7, 11) is 1.52. The molecule has 0 saturated carbocycles. The maximum Gasteiger partial charge on any atom is 0.414 e. The number of hydrogen-bond acceptors (Lipinski definition) is 7. The van der Waals surface area contributed by atoms with Crippen molar-refractivity contribution < 1.29 is 41.1 Å². The zero-order chi connectivity index (χ0) is 26.4. The standard InChI is InChI=1S/C22H25F4N5O5/c1-3-29(6-7-31(27-2)21(33)17-5-4-8-35-17)18-15(23)9-13(10-16(18)24)30-12-14(36-22(30)34)11-28-20(32)19(25)26/h4-5,8-10,14,19,27H,3,6-7,11-12H2,1-2H3,(H,28,32)/t14-/m0/s1. The van der Waals surface area contributed by atoms with Gasteiger partial charge in [0.15, 0.2) is 17.4 Å². The van der Waals surface area contributed by atoms with Crippen LogP contribution in [0.15, 0.2) is 34.9 Å². The number of hydrogen-bond donors (Lipinski definition) is 2. The molecule has 196 valence electrons. The van der Waals surface area contributed by atoms with E-state index in [4.69, 9.17) is 9.15 Å². The summed E-state index contributed by atoms with van der Waals surface area (Å²) in [5, 5.41) is 3.16. The van der Waals surface area contributed by atoms with Crippen molar-refractivity contribution in [2.24, 2.45) is 0 Å². The van der Waals surface area contributed by atoms with Gasteiger partial charge < -0.3 is 19.4 Å². The summed E-state index contributed by atoms with van der Waals surface area (Å²) in [5.41, 5.74) is 2.23. The lowest BCUT2D eigenvalue weighted by atomic mass is 10.2. The van der Waals surface area contributed by atoms with Gasteiger partial charge in [0.2, 0.25) is 0 Å². The quantitative estimate of drug-likeness (QED) is 0.350. The van der Waals surface area contributed by atoms with Crippen LogP contribution in [0.4, 0.5) is 33.7 Å². The number of carbonyl (C=O) groups is 3. The van der Waals surface area contributed by atoms with Crippen LogP contribution < -0.4 is 20.5 Å². The molecule has 0 radical (unpaired) electrons. The minimum atomic E-state index is -3.22. The van der Waals surface area contributed by atoms with Crippen molar-refractivity contribution in [3.63, 3.8) is 0 Å². The molecule has 1 aromatic heterocycles. The maximum atomic E-state index is 15.0. The number of amides is 3. The Morgan fingerprint density at radius 1 is 1.22 bits per heavy atom. The molecule has 3 amide bonds. The second kappa shape index (κ2) is 11.7. The number of ether oxygens (including phenoxy) is 1. The van der Waals surface area contributed by atoms with E-state index in [1.165, 1.54) is 29.3 Å². The van der Waals surface area contributed by atoms with E-state index in [2.05, 4.69) is 5.43 Å². The number of nitrogens with one attached hydrogen (secondary N) is 2. The molecule has 10 nitrogen and oxygen atoms in total. The fourth-order valence-corrected chi connectivity index (χ4v) is 3.64. The third kappa shape index (κ3) is 6.05. The maximum absolute atomic E-state index is 15.0. The molecule has 2 heterocycles. The Labute approximate surface area is 203 Å². The van der Waals surface area contributed by atoms with Gasteiger partial charge in [0, 0.05) is 32.3 Å². The van der Waals surface area contributed by atoms with Crippen LogP contribution in [-0.4, -0.2) is 75.2 Å². The van der Waals surface area contributed by atoms with E-state index in [1.54, 1.807) is 13.0 Å². The van der Waals surface area contributed by atoms with Crippen LogP contribution in [0.5, 0.6) is 0 Å². The molecule has 0 spiro atoms. The van der Waals surface area contributed by atoms with Crippen LogP contribution >= 0.6 is 0 Å². The first-order valence-electron chi connectivity index (χ1n) is 11.0. The molecule has 0 unspecified atom stereocenters. The first-order chi connectivity index (χ1) is 17.2. The van der Waals surface area contributed by atoms with Crippen molar-refractivity contribution in [3.8, 4) is 0 Å². The largest absolute Gasteiger partial charge is 0.459 e. The molecule has 3 rings (SSSR count). The number of rotatable bonds is 11. The van der Waals surface area contributed by atoms with Crippen LogP contribution in [0.1, 0.15) is 17.5 Å². The number of halogens is 4. The molecule has 1 saturated heterocycles. The lowest BCUT2D eigenvalue weighted by Gasteiger charge is -2.28. The molecule has 14 heteroatoms. The van der Waals surface area contributed by atoms with Gasteiger partial charge in [-0.2, -0.15) is 8.78 Å². The van der Waals surface area contributed by atoms with Crippen molar-refractivity contribution in [1.82, 2.24) is 15.8 Å². The average molecular weight is 515 g/mol. The summed E-state index contributed by atoms with van der Waals surface area (Å²) >= 11 is 0.